The number of allylic oxidation sites excluding steroid dienone is 3. The van der Waals surface area contributed by atoms with E-state index in [4.69, 9.17) is 4.18 Å². The fourth-order valence-electron chi connectivity index (χ4n) is 3.81. The Kier molecular flexibility index (Phi) is 7.12. The summed E-state index contributed by atoms with van der Waals surface area (Å²) in [5.41, 5.74) is 3.31. The van der Waals surface area contributed by atoms with Crippen LogP contribution in [-0.2, 0) is 16.8 Å². The molecule has 27 heavy (non-hydrogen) atoms. The number of hydrogen-bond acceptors (Lipinski definition) is 4. The third kappa shape index (κ3) is 5.84. The molecule has 2 unspecified atom stereocenters. The third-order valence-electron chi connectivity index (χ3n) is 5.16. The highest BCUT2D eigenvalue weighted by Gasteiger charge is 2.31. The van der Waals surface area contributed by atoms with Crippen molar-refractivity contribution in [2.45, 2.75) is 65.2 Å². The van der Waals surface area contributed by atoms with E-state index in [1.807, 2.05) is 19.9 Å². The average Bonchev–Trinajstić information content (AvgIpc) is 2.53. The van der Waals surface area contributed by atoms with E-state index in [1.165, 1.54) is 5.57 Å². The van der Waals surface area contributed by atoms with Crippen molar-refractivity contribution in [1.29, 1.82) is 0 Å². The van der Waals surface area contributed by atoms with Gasteiger partial charge in [0.15, 0.2) is 5.75 Å². The van der Waals surface area contributed by atoms with Gasteiger partial charge in [-0.3, -0.25) is 4.55 Å². The Balaban J connectivity index is 2.55. The van der Waals surface area contributed by atoms with Gasteiger partial charge in [0.1, 0.15) is 5.75 Å². The minimum Gasteiger partial charge on any atom is -0.507 e. The van der Waals surface area contributed by atoms with Crippen LogP contribution in [0.5, 0.6) is 11.5 Å². The first-order valence-electron chi connectivity index (χ1n) is 9.47. The molecule has 6 heteroatoms. The minimum absolute atomic E-state index is 0.00815. The van der Waals surface area contributed by atoms with Crippen LogP contribution in [-0.4, -0.2) is 18.1 Å². The second-order valence-electron chi connectivity index (χ2n) is 7.53. The van der Waals surface area contributed by atoms with Crippen molar-refractivity contribution in [2.75, 3.05) is 0 Å². The lowest BCUT2D eigenvalue weighted by molar-refractivity contribution is 0.376. The number of rotatable bonds is 8. The monoisotopic (exact) mass is 394 g/mol. The Hall–Kier alpha value is -1.79. The number of phenols is 1. The highest BCUT2D eigenvalue weighted by Crippen LogP contribution is 2.47. The summed E-state index contributed by atoms with van der Waals surface area (Å²) >= 11 is 0. The van der Waals surface area contributed by atoms with Crippen LogP contribution in [0, 0.1) is 5.92 Å². The van der Waals surface area contributed by atoms with Crippen LogP contribution in [0.3, 0.4) is 0 Å². The Morgan fingerprint density at radius 3 is 2.63 bits per heavy atom. The molecule has 0 saturated carbocycles. The van der Waals surface area contributed by atoms with Gasteiger partial charge in [-0.1, -0.05) is 43.6 Å². The lowest BCUT2D eigenvalue weighted by Gasteiger charge is -2.32. The Morgan fingerprint density at radius 2 is 2.04 bits per heavy atom. The van der Waals surface area contributed by atoms with E-state index in [2.05, 4.69) is 13.5 Å². The first-order chi connectivity index (χ1) is 12.6. The number of phenolic OH excluding ortho intramolecular Hbond substituents is 1. The number of aryl methyl sites for hydroxylation is 1. The highest BCUT2D eigenvalue weighted by atomic mass is 32.3. The third-order valence-corrected chi connectivity index (χ3v) is 5.55. The lowest BCUT2D eigenvalue weighted by Crippen LogP contribution is -2.19. The second-order valence-corrected chi connectivity index (χ2v) is 8.55. The zero-order chi connectivity index (χ0) is 20.2. The molecule has 0 spiro atoms. The predicted molar refractivity (Wildman–Crippen MR) is 108 cm³/mol. The summed E-state index contributed by atoms with van der Waals surface area (Å²) in [5.74, 6) is -0.206. The van der Waals surface area contributed by atoms with Gasteiger partial charge in [-0.25, -0.2) is 0 Å². The van der Waals surface area contributed by atoms with Gasteiger partial charge in [-0.15, -0.1) is 0 Å². The predicted octanol–water partition coefficient (Wildman–Crippen LogP) is 5.32. The summed E-state index contributed by atoms with van der Waals surface area (Å²) < 4.78 is 37.0. The molecule has 2 rings (SSSR count). The van der Waals surface area contributed by atoms with Crippen molar-refractivity contribution in [3.8, 4) is 11.5 Å². The van der Waals surface area contributed by atoms with E-state index >= 15 is 0 Å². The van der Waals surface area contributed by atoms with Crippen molar-refractivity contribution < 1.29 is 22.3 Å². The van der Waals surface area contributed by atoms with E-state index in [0.717, 1.165) is 43.2 Å². The van der Waals surface area contributed by atoms with Crippen LogP contribution in [0.15, 0.2) is 35.9 Å². The summed E-state index contributed by atoms with van der Waals surface area (Å²) in [7, 11) is -4.70. The molecule has 1 aromatic carbocycles. The summed E-state index contributed by atoms with van der Waals surface area (Å²) in [6.07, 6.45) is 7.56. The molecule has 0 amide bonds. The van der Waals surface area contributed by atoms with E-state index in [9.17, 15) is 18.1 Å². The largest absolute Gasteiger partial charge is 0.507 e. The van der Waals surface area contributed by atoms with Crippen molar-refractivity contribution in [3.63, 3.8) is 0 Å². The van der Waals surface area contributed by atoms with Gasteiger partial charge in [0, 0.05) is 11.5 Å². The summed E-state index contributed by atoms with van der Waals surface area (Å²) in [6.45, 7) is 10.1. The van der Waals surface area contributed by atoms with Crippen LogP contribution in [0.4, 0.5) is 0 Å². The fraction of sp³-hybridized carbons (Fsp3) is 0.524. The zero-order valence-electron chi connectivity index (χ0n) is 16.4. The summed E-state index contributed by atoms with van der Waals surface area (Å²) in [6, 6.07) is 3.29. The molecular weight excluding hydrogens is 364 g/mol. The topological polar surface area (TPSA) is 83.8 Å². The molecule has 5 nitrogen and oxygen atoms in total. The zero-order valence-corrected chi connectivity index (χ0v) is 17.2. The second kappa shape index (κ2) is 8.93. The van der Waals surface area contributed by atoms with Gasteiger partial charge >= 0.3 is 10.4 Å². The molecule has 0 aliphatic heterocycles. The number of unbranched alkanes of at least 4 members (excludes halogenated alkanes) is 2. The molecule has 150 valence electrons. The maximum atomic E-state index is 11.4. The first-order valence-corrected chi connectivity index (χ1v) is 10.8. The normalized spacial score (nSPS) is 20.2. The molecule has 0 saturated heterocycles. The molecule has 2 atom stereocenters. The molecule has 0 fully saturated rings. The van der Waals surface area contributed by atoms with Gasteiger partial charge < -0.3 is 9.29 Å². The molecule has 2 N–H and O–H groups in total. The standard InChI is InChI=1S/C21H30O5S/c1-5-6-7-8-16-12-19(22)21(20(13-16)26-27(23,24)25)18-11-15(4)9-10-17(18)14(2)3/h11-13,17-18,22H,2,5-10H2,1,3-4H3,(H,23,24,25). The average molecular weight is 395 g/mol. The lowest BCUT2D eigenvalue weighted by atomic mass is 9.73. The van der Waals surface area contributed by atoms with Gasteiger partial charge in [0.25, 0.3) is 0 Å². The molecule has 1 aliphatic rings. The Labute approximate surface area is 162 Å². The van der Waals surface area contributed by atoms with Crippen LogP contribution >= 0.6 is 0 Å². The molecule has 0 radical (unpaired) electrons. The summed E-state index contributed by atoms with van der Waals surface area (Å²) in [5, 5.41) is 10.7. The van der Waals surface area contributed by atoms with Gasteiger partial charge in [0.05, 0.1) is 0 Å². The van der Waals surface area contributed by atoms with E-state index < -0.39 is 10.4 Å². The van der Waals surface area contributed by atoms with E-state index in [0.29, 0.717) is 12.0 Å². The van der Waals surface area contributed by atoms with Crippen LogP contribution in [0.1, 0.15) is 69.9 Å². The van der Waals surface area contributed by atoms with Gasteiger partial charge in [-0.2, -0.15) is 8.42 Å². The highest BCUT2D eigenvalue weighted by molar-refractivity contribution is 7.81. The Bertz CT molecular complexity index is 823. The quantitative estimate of drug-likeness (QED) is 0.354. The smallest absolute Gasteiger partial charge is 0.446 e. The van der Waals surface area contributed by atoms with Crippen molar-refractivity contribution in [1.82, 2.24) is 0 Å². The van der Waals surface area contributed by atoms with E-state index in [1.54, 1.807) is 12.1 Å². The molecule has 1 aliphatic carbocycles. The number of aromatic hydroxyl groups is 1. The molecule has 0 aromatic heterocycles. The number of hydrogen-bond donors (Lipinski definition) is 2. The van der Waals surface area contributed by atoms with Gasteiger partial charge in [-0.05, 0) is 63.1 Å². The minimum atomic E-state index is -4.70. The SMILES string of the molecule is C=C(C)C1CCC(C)=CC1c1c(O)cc(CCCCC)cc1OS(=O)(=O)O. The number of benzene rings is 1. The molecular formula is C21H30O5S. The van der Waals surface area contributed by atoms with Crippen molar-refractivity contribution >= 4 is 10.4 Å². The molecule has 1 aromatic rings. The maximum absolute atomic E-state index is 11.4. The first kappa shape index (κ1) is 21.5. The van der Waals surface area contributed by atoms with Crippen molar-refractivity contribution in [3.05, 3.63) is 47.1 Å². The molecule has 0 heterocycles. The van der Waals surface area contributed by atoms with Crippen LogP contribution in [0.25, 0.3) is 0 Å². The van der Waals surface area contributed by atoms with Crippen molar-refractivity contribution in [2.24, 2.45) is 5.92 Å². The Morgan fingerprint density at radius 1 is 1.33 bits per heavy atom. The van der Waals surface area contributed by atoms with Crippen LogP contribution < -0.4 is 4.18 Å². The maximum Gasteiger partial charge on any atom is 0.446 e. The fourth-order valence-corrected chi connectivity index (χ4v) is 4.18. The molecule has 0 bridgehead atoms. The van der Waals surface area contributed by atoms with Gasteiger partial charge in [0.2, 0.25) is 0 Å². The summed E-state index contributed by atoms with van der Waals surface area (Å²) in [4.78, 5) is 0. The van der Waals surface area contributed by atoms with Crippen LogP contribution in [0.2, 0.25) is 0 Å². The van der Waals surface area contributed by atoms with E-state index in [-0.39, 0.29) is 23.3 Å².